The summed E-state index contributed by atoms with van der Waals surface area (Å²) < 4.78 is 17.7. The second-order valence-electron chi connectivity index (χ2n) is 6.16. The van der Waals surface area contributed by atoms with E-state index in [-0.39, 0.29) is 18.3 Å². The van der Waals surface area contributed by atoms with Crippen molar-refractivity contribution < 1.29 is 14.0 Å². The SMILES string of the molecule is [CH2]COc1ccc(B2OC(C)(C)C(C)(C)O2)cc1CC. The predicted octanol–water partition coefficient (Wildman–Crippen LogP) is 2.76. The van der Waals surface area contributed by atoms with Crippen molar-refractivity contribution in [2.75, 3.05) is 6.61 Å². The summed E-state index contributed by atoms with van der Waals surface area (Å²) in [6.45, 7) is 14.5. The van der Waals surface area contributed by atoms with E-state index in [1.807, 2.05) is 12.1 Å². The van der Waals surface area contributed by atoms with Crippen molar-refractivity contribution in [3.8, 4) is 5.75 Å². The molecule has 0 unspecified atom stereocenters. The Labute approximate surface area is 122 Å². The molecule has 3 nitrogen and oxygen atoms in total. The van der Waals surface area contributed by atoms with Crippen molar-refractivity contribution in [2.24, 2.45) is 0 Å². The third-order valence-corrected chi connectivity index (χ3v) is 4.25. The Morgan fingerprint density at radius 2 is 1.75 bits per heavy atom. The number of hydrogen-bond donors (Lipinski definition) is 0. The maximum Gasteiger partial charge on any atom is 0.494 e. The van der Waals surface area contributed by atoms with Gasteiger partial charge in [-0.3, -0.25) is 0 Å². The van der Waals surface area contributed by atoms with E-state index in [1.165, 1.54) is 0 Å². The van der Waals surface area contributed by atoms with Gasteiger partial charge in [0, 0.05) is 0 Å². The molecule has 0 spiro atoms. The van der Waals surface area contributed by atoms with Gasteiger partial charge in [-0.1, -0.05) is 19.1 Å². The van der Waals surface area contributed by atoms with Gasteiger partial charge < -0.3 is 14.0 Å². The highest BCUT2D eigenvalue weighted by molar-refractivity contribution is 6.62. The first-order chi connectivity index (χ1) is 9.30. The first-order valence-electron chi connectivity index (χ1n) is 7.21. The largest absolute Gasteiger partial charge is 0.494 e. The Morgan fingerprint density at radius 3 is 2.25 bits per heavy atom. The summed E-state index contributed by atoms with van der Waals surface area (Å²) in [6.07, 6.45) is 0.905. The summed E-state index contributed by atoms with van der Waals surface area (Å²) in [5, 5.41) is 0. The van der Waals surface area contributed by atoms with E-state index in [9.17, 15) is 0 Å². The molecule has 1 aliphatic rings. The van der Waals surface area contributed by atoms with Crippen LogP contribution in [-0.4, -0.2) is 24.9 Å². The molecule has 1 heterocycles. The fourth-order valence-corrected chi connectivity index (χ4v) is 2.25. The first kappa shape index (κ1) is 15.4. The monoisotopic (exact) mass is 275 g/mol. The molecule has 0 saturated carbocycles. The van der Waals surface area contributed by atoms with Crippen molar-refractivity contribution in [1.82, 2.24) is 0 Å². The van der Waals surface area contributed by atoms with Gasteiger partial charge in [0.05, 0.1) is 17.8 Å². The third kappa shape index (κ3) is 2.72. The van der Waals surface area contributed by atoms with Crippen LogP contribution >= 0.6 is 0 Å². The summed E-state index contributed by atoms with van der Waals surface area (Å²) in [4.78, 5) is 0. The van der Waals surface area contributed by atoms with Crippen molar-refractivity contribution in [2.45, 2.75) is 52.2 Å². The Balaban J connectivity index is 2.27. The van der Waals surface area contributed by atoms with Gasteiger partial charge in [-0.05, 0) is 58.1 Å². The zero-order chi connectivity index (χ0) is 15.0. The smallest absolute Gasteiger partial charge is 0.493 e. The predicted molar refractivity (Wildman–Crippen MR) is 82.4 cm³/mol. The van der Waals surface area contributed by atoms with Crippen molar-refractivity contribution in [1.29, 1.82) is 0 Å². The highest BCUT2D eigenvalue weighted by Gasteiger charge is 2.51. The molecule has 0 bridgehead atoms. The molecule has 0 N–H and O–H groups in total. The summed E-state index contributed by atoms with van der Waals surface area (Å²) in [5.74, 6) is 0.891. The molecule has 0 amide bonds. The van der Waals surface area contributed by atoms with Gasteiger partial charge in [-0.15, -0.1) is 0 Å². The molecule has 1 fully saturated rings. The van der Waals surface area contributed by atoms with Gasteiger partial charge in [0.15, 0.2) is 0 Å². The molecule has 1 aliphatic heterocycles. The van der Waals surface area contributed by atoms with Crippen LogP contribution in [0.4, 0.5) is 0 Å². The van der Waals surface area contributed by atoms with Gasteiger partial charge in [0.1, 0.15) is 5.75 Å². The lowest BCUT2D eigenvalue weighted by Crippen LogP contribution is -2.41. The van der Waals surface area contributed by atoms with E-state index in [2.05, 4.69) is 47.6 Å². The van der Waals surface area contributed by atoms with Crippen molar-refractivity contribution in [3.05, 3.63) is 30.7 Å². The van der Waals surface area contributed by atoms with Crippen LogP contribution in [0.5, 0.6) is 5.75 Å². The number of rotatable bonds is 4. The lowest BCUT2D eigenvalue weighted by atomic mass is 9.78. The van der Waals surface area contributed by atoms with Crippen LogP contribution in [0.25, 0.3) is 0 Å². The minimum absolute atomic E-state index is 0.313. The van der Waals surface area contributed by atoms with Crippen molar-refractivity contribution in [3.63, 3.8) is 0 Å². The van der Waals surface area contributed by atoms with Crippen LogP contribution in [0.1, 0.15) is 40.2 Å². The van der Waals surface area contributed by atoms with Crippen LogP contribution < -0.4 is 10.2 Å². The van der Waals surface area contributed by atoms with Crippen molar-refractivity contribution >= 4 is 12.6 Å². The molecule has 20 heavy (non-hydrogen) atoms. The zero-order valence-corrected chi connectivity index (χ0v) is 13.2. The first-order valence-corrected chi connectivity index (χ1v) is 7.21. The molecule has 1 aromatic carbocycles. The quantitative estimate of drug-likeness (QED) is 0.791. The summed E-state index contributed by atoms with van der Waals surface area (Å²) in [5.41, 5.74) is 1.57. The Morgan fingerprint density at radius 1 is 1.15 bits per heavy atom. The van der Waals surface area contributed by atoms with Crippen LogP contribution in [-0.2, 0) is 15.7 Å². The van der Waals surface area contributed by atoms with E-state index in [1.54, 1.807) is 0 Å². The van der Waals surface area contributed by atoms with Crippen LogP contribution in [0.3, 0.4) is 0 Å². The molecule has 109 valence electrons. The molecule has 0 aromatic heterocycles. The summed E-state index contributed by atoms with van der Waals surface area (Å²) in [7, 11) is -0.320. The molecule has 0 aliphatic carbocycles. The Hall–Kier alpha value is -0.995. The van der Waals surface area contributed by atoms with Crippen LogP contribution in [0.2, 0.25) is 0 Å². The highest BCUT2D eigenvalue weighted by Crippen LogP contribution is 2.36. The molecular formula is C16H24BO3. The molecule has 4 heteroatoms. The second-order valence-corrected chi connectivity index (χ2v) is 6.16. The highest BCUT2D eigenvalue weighted by atomic mass is 16.7. The molecule has 2 rings (SSSR count). The fourth-order valence-electron chi connectivity index (χ4n) is 2.25. The Bertz CT molecular complexity index is 467. The van der Waals surface area contributed by atoms with E-state index in [0.29, 0.717) is 6.61 Å². The third-order valence-electron chi connectivity index (χ3n) is 4.25. The lowest BCUT2D eigenvalue weighted by Gasteiger charge is -2.32. The van der Waals surface area contributed by atoms with Crippen LogP contribution in [0.15, 0.2) is 18.2 Å². The second kappa shape index (κ2) is 5.42. The van der Waals surface area contributed by atoms with Gasteiger partial charge >= 0.3 is 7.12 Å². The Kier molecular flexibility index (Phi) is 4.17. The lowest BCUT2D eigenvalue weighted by molar-refractivity contribution is 0.00578. The van der Waals surface area contributed by atoms with Gasteiger partial charge in [-0.25, -0.2) is 0 Å². The number of benzene rings is 1. The van der Waals surface area contributed by atoms with Gasteiger partial charge in [-0.2, -0.15) is 0 Å². The minimum Gasteiger partial charge on any atom is -0.493 e. The van der Waals surface area contributed by atoms with E-state index >= 15 is 0 Å². The molecule has 1 aromatic rings. The van der Waals surface area contributed by atoms with E-state index in [4.69, 9.17) is 14.0 Å². The molecule has 0 atom stereocenters. The van der Waals surface area contributed by atoms with E-state index < -0.39 is 0 Å². The summed E-state index contributed by atoms with van der Waals surface area (Å²) >= 11 is 0. The topological polar surface area (TPSA) is 27.7 Å². The number of ether oxygens (including phenoxy) is 1. The average molecular weight is 275 g/mol. The minimum atomic E-state index is -0.320. The van der Waals surface area contributed by atoms with Crippen LogP contribution in [0, 0.1) is 6.92 Å². The molecule has 1 saturated heterocycles. The average Bonchev–Trinajstić information content (AvgIpc) is 2.59. The standard InChI is InChI=1S/C16H24BO3/c1-7-12-11-13(9-10-14(12)18-8-2)17-19-15(3,4)16(5,6)20-17/h9-11H,2,7-8H2,1,3-6H3. The summed E-state index contributed by atoms with van der Waals surface area (Å²) in [6, 6.07) is 6.09. The van der Waals surface area contributed by atoms with Gasteiger partial charge in [0.2, 0.25) is 0 Å². The number of aryl methyl sites for hydroxylation is 1. The molecule has 1 radical (unpaired) electrons. The number of hydrogen-bond acceptors (Lipinski definition) is 3. The maximum atomic E-state index is 6.07. The molecular weight excluding hydrogens is 251 g/mol. The van der Waals surface area contributed by atoms with Gasteiger partial charge in [0.25, 0.3) is 0 Å². The maximum absolute atomic E-state index is 6.07. The fraction of sp³-hybridized carbons (Fsp3) is 0.562. The van der Waals surface area contributed by atoms with E-state index in [0.717, 1.165) is 23.2 Å². The normalized spacial score (nSPS) is 20.2. The zero-order valence-electron chi connectivity index (χ0n) is 13.2.